The van der Waals surface area contributed by atoms with Crippen molar-refractivity contribution < 1.29 is 4.79 Å². The van der Waals surface area contributed by atoms with E-state index in [2.05, 4.69) is 42.0 Å². The fraction of sp³-hybridized carbons (Fsp3) is 0.588. The molecule has 3 nitrogen and oxygen atoms in total. The Hall–Kier alpha value is -1.06. The number of hydrogen-bond acceptors (Lipinski definition) is 2. The lowest BCUT2D eigenvalue weighted by Crippen LogP contribution is -2.47. The molecule has 2 atom stereocenters. The number of rotatable bonds is 1. The second kappa shape index (κ2) is 5.29. The second-order valence-electron chi connectivity index (χ2n) is 6.77. The maximum atomic E-state index is 12.7. The smallest absolute Gasteiger partial charge is 0.230 e. The Balaban J connectivity index is 0.00000132. The number of halogens is 1. The van der Waals surface area contributed by atoms with Crippen LogP contribution in [0.5, 0.6) is 0 Å². The van der Waals surface area contributed by atoms with E-state index in [0.29, 0.717) is 23.8 Å². The minimum absolute atomic E-state index is 0. The first-order valence-electron chi connectivity index (χ1n) is 7.77. The first-order valence-corrected chi connectivity index (χ1v) is 7.77. The predicted molar refractivity (Wildman–Crippen MR) is 87.3 cm³/mol. The molecule has 0 spiro atoms. The lowest BCUT2D eigenvalue weighted by atomic mass is 9.89. The van der Waals surface area contributed by atoms with Crippen molar-refractivity contribution in [3.63, 3.8) is 0 Å². The number of hydrogen-bond donors (Lipinski definition) is 0. The number of likely N-dealkylation sites (tertiary alicyclic amines) is 1. The molecule has 0 bridgehead atoms. The Morgan fingerprint density at radius 3 is 2.71 bits per heavy atom. The van der Waals surface area contributed by atoms with Crippen LogP contribution < -0.4 is 4.90 Å². The standard InChI is InChI=1S/C17H22N2O.ClH/c1-11-3-6-15-13(9-11)14-10-18(2)8-7-16(14)19(15)17(20)12-4-5-12;/h3,6,9,12,14,16H,4-5,7-8,10H2,1-2H3;1H. The summed E-state index contributed by atoms with van der Waals surface area (Å²) in [4.78, 5) is 17.3. The van der Waals surface area contributed by atoms with Crippen LogP contribution in [0.25, 0.3) is 0 Å². The van der Waals surface area contributed by atoms with E-state index in [-0.39, 0.29) is 12.4 Å². The van der Waals surface area contributed by atoms with Crippen molar-refractivity contribution in [3.8, 4) is 0 Å². The average molecular weight is 307 g/mol. The van der Waals surface area contributed by atoms with Gasteiger partial charge in [0.2, 0.25) is 5.91 Å². The topological polar surface area (TPSA) is 23.6 Å². The Morgan fingerprint density at radius 1 is 1.24 bits per heavy atom. The quantitative estimate of drug-likeness (QED) is 0.796. The van der Waals surface area contributed by atoms with E-state index in [9.17, 15) is 4.79 Å². The van der Waals surface area contributed by atoms with Gasteiger partial charge in [-0.1, -0.05) is 17.7 Å². The molecule has 4 heteroatoms. The van der Waals surface area contributed by atoms with Gasteiger partial charge >= 0.3 is 0 Å². The summed E-state index contributed by atoms with van der Waals surface area (Å²) in [7, 11) is 2.19. The largest absolute Gasteiger partial charge is 0.308 e. The number of fused-ring (bicyclic) bond motifs is 3. The van der Waals surface area contributed by atoms with Gasteiger partial charge in [-0.15, -0.1) is 12.4 Å². The van der Waals surface area contributed by atoms with Crippen LogP contribution in [0.3, 0.4) is 0 Å². The lowest BCUT2D eigenvalue weighted by Gasteiger charge is -2.36. The van der Waals surface area contributed by atoms with Gasteiger partial charge in [0.1, 0.15) is 0 Å². The van der Waals surface area contributed by atoms with Gasteiger partial charge in [-0.05, 0) is 51.4 Å². The van der Waals surface area contributed by atoms with E-state index in [1.54, 1.807) is 0 Å². The molecule has 21 heavy (non-hydrogen) atoms. The van der Waals surface area contributed by atoms with Gasteiger partial charge in [-0.25, -0.2) is 0 Å². The third-order valence-corrected chi connectivity index (χ3v) is 5.12. The summed E-state index contributed by atoms with van der Waals surface area (Å²) in [5.74, 6) is 1.20. The fourth-order valence-corrected chi connectivity index (χ4v) is 3.90. The number of carbonyl (C=O) groups is 1. The van der Waals surface area contributed by atoms with Gasteiger partial charge in [0.15, 0.2) is 0 Å². The molecule has 2 heterocycles. The van der Waals surface area contributed by atoms with Crippen molar-refractivity contribution in [3.05, 3.63) is 29.3 Å². The van der Waals surface area contributed by atoms with Crippen molar-refractivity contribution >= 4 is 24.0 Å². The van der Waals surface area contributed by atoms with Gasteiger partial charge in [0.25, 0.3) is 0 Å². The number of anilines is 1. The summed E-state index contributed by atoms with van der Waals surface area (Å²) in [6, 6.07) is 7.01. The summed E-state index contributed by atoms with van der Waals surface area (Å²) in [6.07, 6.45) is 3.29. The Morgan fingerprint density at radius 2 is 2.00 bits per heavy atom. The highest BCUT2D eigenvalue weighted by Gasteiger charge is 2.47. The SMILES string of the molecule is Cc1ccc2c(c1)C1CN(C)CCC1N2C(=O)C1CC1.Cl. The highest BCUT2D eigenvalue weighted by Crippen LogP contribution is 2.47. The van der Waals surface area contributed by atoms with Gasteiger partial charge in [0.05, 0.1) is 0 Å². The van der Waals surface area contributed by atoms with Crippen molar-refractivity contribution in [2.75, 3.05) is 25.0 Å². The van der Waals surface area contributed by atoms with Crippen LogP contribution in [0.15, 0.2) is 18.2 Å². The summed E-state index contributed by atoms with van der Waals surface area (Å²) < 4.78 is 0. The molecule has 4 rings (SSSR count). The number of nitrogens with zero attached hydrogens (tertiary/aromatic N) is 2. The Kier molecular flexibility index (Phi) is 3.74. The summed E-state index contributed by atoms with van der Waals surface area (Å²) in [5.41, 5.74) is 3.89. The van der Waals surface area contributed by atoms with Crippen LogP contribution in [-0.2, 0) is 4.79 Å². The van der Waals surface area contributed by atoms with Crippen LogP contribution in [0.1, 0.15) is 36.3 Å². The van der Waals surface area contributed by atoms with Crippen molar-refractivity contribution in [2.24, 2.45) is 5.92 Å². The molecule has 114 valence electrons. The third-order valence-electron chi connectivity index (χ3n) is 5.12. The molecule has 0 radical (unpaired) electrons. The van der Waals surface area contributed by atoms with E-state index >= 15 is 0 Å². The van der Waals surface area contributed by atoms with E-state index in [4.69, 9.17) is 0 Å². The summed E-state index contributed by atoms with van der Waals surface area (Å²) in [5, 5.41) is 0. The first kappa shape index (κ1) is 14.9. The maximum Gasteiger partial charge on any atom is 0.230 e. The predicted octanol–water partition coefficient (Wildman–Crippen LogP) is 2.96. The molecule has 1 saturated heterocycles. The number of benzene rings is 1. The number of amides is 1. The molecule has 1 aliphatic carbocycles. The van der Waals surface area contributed by atoms with E-state index in [1.165, 1.54) is 16.8 Å². The minimum Gasteiger partial charge on any atom is -0.308 e. The van der Waals surface area contributed by atoms with Crippen LogP contribution >= 0.6 is 12.4 Å². The van der Waals surface area contributed by atoms with Gasteiger partial charge < -0.3 is 9.80 Å². The number of carbonyl (C=O) groups excluding carboxylic acids is 1. The molecule has 1 aromatic rings. The molecular weight excluding hydrogens is 284 g/mol. The van der Waals surface area contributed by atoms with Crippen LogP contribution in [-0.4, -0.2) is 37.0 Å². The number of likely N-dealkylation sites (N-methyl/N-ethyl adjacent to an activating group) is 1. The molecule has 2 unspecified atom stereocenters. The Bertz CT molecular complexity index is 570. The van der Waals surface area contributed by atoms with Gasteiger partial charge in [-0.2, -0.15) is 0 Å². The van der Waals surface area contributed by atoms with E-state index in [1.807, 2.05) is 0 Å². The molecule has 2 fully saturated rings. The minimum atomic E-state index is 0. The normalized spacial score (nSPS) is 27.8. The van der Waals surface area contributed by atoms with E-state index < -0.39 is 0 Å². The number of piperidine rings is 1. The first-order chi connectivity index (χ1) is 9.65. The van der Waals surface area contributed by atoms with Gasteiger partial charge in [-0.3, -0.25) is 4.79 Å². The van der Waals surface area contributed by atoms with Crippen molar-refractivity contribution in [1.82, 2.24) is 4.90 Å². The second-order valence-corrected chi connectivity index (χ2v) is 6.77. The third kappa shape index (κ3) is 2.36. The molecule has 2 aliphatic heterocycles. The molecular formula is C17H23ClN2O. The van der Waals surface area contributed by atoms with Crippen molar-refractivity contribution in [1.29, 1.82) is 0 Å². The van der Waals surface area contributed by atoms with Crippen LogP contribution in [0.4, 0.5) is 5.69 Å². The molecule has 1 saturated carbocycles. The van der Waals surface area contributed by atoms with Gasteiger partial charge in [0, 0.05) is 30.1 Å². The summed E-state index contributed by atoms with van der Waals surface area (Å²) in [6.45, 7) is 4.32. The van der Waals surface area contributed by atoms with Crippen LogP contribution in [0, 0.1) is 12.8 Å². The zero-order valence-corrected chi connectivity index (χ0v) is 13.5. The Labute approximate surface area is 132 Å². The molecule has 1 amide bonds. The summed E-state index contributed by atoms with van der Waals surface area (Å²) >= 11 is 0. The molecule has 1 aromatic carbocycles. The zero-order valence-electron chi connectivity index (χ0n) is 12.7. The monoisotopic (exact) mass is 306 g/mol. The highest BCUT2D eigenvalue weighted by atomic mass is 35.5. The maximum absolute atomic E-state index is 12.7. The number of aryl methyl sites for hydroxylation is 1. The fourth-order valence-electron chi connectivity index (χ4n) is 3.90. The van der Waals surface area contributed by atoms with E-state index in [0.717, 1.165) is 32.4 Å². The van der Waals surface area contributed by atoms with Crippen LogP contribution in [0.2, 0.25) is 0 Å². The molecule has 0 aromatic heterocycles. The highest BCUT2D eigenvalue weighted by molar-refractivity contribution is 5.99. The molecule has 0 N–H and O–H groups in total. The van der Waals surface area contributed by atoms with Crippen molar-refractivity contribution in [2.45, 2.75) is 38.1 Å². The molecule has 3 aliphatic rings. The lowest BCUT2D eigenvalue weighted by molar-refractivity contribution is -0.120. The zero-order chi connectivity index (χ0) is 13.9. The average Bonchev–Trinajstić information content (AvgIpc) is 3.22.